The van der Waals surface area contributed by atoms with Crippen LogP contribution in [-0.4, -0.2) is 48.0 Å². The van der Waals surface area contributed by atoms with Gasteiger partial charge >= 0.3 is 6.03 Å². The Balaban J connectivity index is 1.37. The summed E-state index contributed by atoms with van der Waals surface area (Å²) in [5.74, 6) is 1.37. The number of thiophene rings is 1. The first-order valence-corrected chi connectivity index (χ1v) is 12.7. The molecular weight excluding hydrogens is 474 g/mol. The highest BCUT2D eigenvalue weighted by atomic mass is 32.1. The van der Waals surface area contributed by atoms with Gasteiger partial charge in [0.2, 0.25) is 0 Å². The Morgan fingerprint density at radius 1 is 1.14 bits per heavy atom. The number of nitrogens with zero attached hydrogens (tertiary/aromatic N) is 3. The van der Waals surface area contributed by atoms with Gasteiger partial charge in [-0.05, 0) is 62.4 Å². The minimum atomic E-state index is -0.309. The van der Waals surface area contributed by atoms with Crippen molar-refractivity contribution in [3.63, 3.8) is 0 Å². The van der Waals surface area contributed by atoms with Crippen LogP contribution in [0.4, 0.5) is 21.9 Å². The van der Waals surface area contributed by atoms with Crippen LogP contribution in [0.2, 0.25) is 0 Å². The summed E-state index contributed by atoms with van der Waals surface area (Å²) in [5.41, 5.74) is 2.89. The number of amides is 3. The third-order valence-electron chi connectivity index (χ3n) is 6.71. The number of hydrogen-bond donors (Lipinski definition) is 2. The van der Waals surface area contributed by atoms with E-state index in [0.717, 1.165) is 33.6 Å². The van der Waals surface area contributed by atoms with E-state index in [2.05, 4.69) is 15.6 Å². The van der Waals surface area contributed by atoms with Crippen molar-refractivity contribution in [3.8, 4) is 11.5 Å². The van der Waals surface area contributed by atoms with Crippen LogP contribution in [0.1, 0.15) is 21.7 Å². The smallest absolute Gasteiger partial charge is 0.331 e. The van der Waals surface area contributed by atoms with Gasteiger partial charge in [0.15, 0.2) is 0 Å². The molecule has 0 aliphatic carbocycles. The van der Waals surface area contributed by atoms with Gasteiger partial charge in [-0.25, -0.2) is 9.78 Å². The van der Waals surface area contributed by atoms with Crippen molar-refractivity contribution < 1.29 is 14.3 Å². The van der Waals surface area contributed by atoms with Crippen LogP contribution >= 0.6 is 11.3 Å². The van der Waals surface area contributed by atoms with Crippen molar-refractivity contribution in [1.82, 2.24) is 15.2 Å². The lowest BCUT2D eigenvalue weighted by molar-refractivity contribution is 0.0795. The maximum absolute atomic E-state index is 13.5. The number of carbonyl (C=O) groups is 2. The molecule has 8 nitrogen and oxygen atoms in total. The van der Waals surface area contributed by atoms with Crippen molar-refractivity contribution in [1.29, 1.82) is 0 Å². The highest BCUT2D eigenvalue weighted by Crippen LogP contribution is 2.47. The summed E-state index contributed by atoms with van der Waals surface area (Å²) < 4.78 is 5.96. The van der Waals surface area contributed by atoms with Crippen LogP contribution in [0.25, 0.3) is 10.2 Å². The van der Waals surface area contributed by atoms with Gasteiger partial charge in [0.25, 0.3) is 5.91 Å². The lowest BCUT2D eigenvalue weighted by Crippen LogP contribution is -2.36. The molecule has 0 saturated carbocycles. The fourth-order valence-corrected chi connectivity index (χ4v) is 5.95. The van der Waals surface area contributed by atoms with Crippen molar-refractivity contribution in [2.75, 3.05) is 30.4 Å². The number of rotatable bonds is 5. The second kappa shape index (κ2) is 8.92. The van der Waals surface area contributed by atoms with Gasteiger partial charge in [-0.1, -0.05) is 18.2 Å². The number of anilines is 3. The van der Waals surface area contributed by atoms with E-state index in [1.165, 1.54) is 11.3 Å². The van der Waals surface area contributed by atoms with Crippen molar-refractivity contribution in [3.05, 3.63) is 71.2 Å². The highest BCUT2D eigenvalue weighted by molar-refractivity contribution is 7.21. The van der Waals surface area contributed by atoms with Gasteiger partial charge in [-0.3, -0.25) is 9.69 Å². The third-order valence-corrected chi connectivity index (χ3v) is 7.80. The van der Waals surface area contributed by atoms with Gasteiger partial charge in [-0.15, -0.1) is 11.3 Å². The number of benzene rings is 2. The molecule has 2 aromatic heterocycles. The molecule has 1 fully saturated rings. The number of para-hydroxylation sites is 1. The van der Waals surface area contributed by atoms with Gasteiger partial charge in [0.05, 0.1) is 22.4 Å². The van der Waals surface area contributed by atoms with Gasteiger partial charge < -0.3 is 20.3 Å². The summed E-state index contributed by atoms with van der Waals surface area (Å²) in [6, 6.07) is 17.0. The number of pyridine rings is 1. The molecule has 0 spiro atoms. The molecule has 4 aromatic rings. The van der Waals surface area contributed by atoms with E-state index in [-0.39, 0.29) is 18.0 Å². The summed E-state index contributed by atoms with van der Waals surface area (Å²) >= 11 is 1.33. The Morgan fingerprint density at radius 2 is 1.97 bits per heavy atom. The van der Waals surface area contributed by atoms with E-state index in [0.29, 0.717) is 35.1 Å². The van der Waals surface area contributed by atoms with Crippen LogP contribution in [0, 0.1) is 6.92 Å². The Kier molecular flexibility index (Phi) is 5.58. The summed E-state index contributed by atoms with van der Waals surface area (Å²) in [4.78, 5) is 36.1. The summed E-state index contributed by atoms with van der Waals surface area (Å²) in [6.45, 7) is 3.29. The lowest BCUT2D eigenvalue weighted by atomic mass is 10.1. The quantitative estimate of drug-likeness (QED) is 0.378. The molecule has 2 aliphatic rings. The first kappa shape index (κ1) is 22.5. The van der Waals surface area contributed by atoms with E-state index in [4.69, 9.17) is 4.74 Å². The lowest BCUT2D eigenvalue weighted by Gasteiger charge is -2.30. The van der Waals surface area contributed by atoms with Crippen LogP contribution in [0.3, 0.4) is 0 Å². The number of aromatic nitrogens is 1. The molecule has 3 amide bonds. The molecule has 2 aliphatic heterocycles. The fourth-order valence-electron chi connectivity index (χ4n) is 4.87. The molecule has 1 atom stereocenters. The van der Waals surface area contributed by atoms with Crippen LogP contribution in [0.5, 0.6) is 11.5 Å². The van der Waals surface area contributed by atoms with Gasteiger partial charge in [0.1, 0.15) is 21.2 Å². The molecule has 1 saturated heterocycles. The molecule has 2 N–H and O–H groups in total. The zero-order valence-corrected chi connectivity index (χ0v) is 20.8. The van der Waals surface area contributed by atoms with Crippen LogP contribution < -0.4 is 20.3 Å². The predicted octanol–water partition coefficient (Wildman–Crippen LogP) is 5.51. The summed E-state index contributed by atoms with van der Waals surface area (Å²) in [7, 11) is 1.91. The minimum Gasteiger partial charge on any atom is -0.457 e. The number of likely N-dealkylation sites (N-methyl/N-ethyl adjacent to an activating group) is 1. The first-order valence-electron chi connectivity index (χ1n) is 11.9. The number of carbonyl (C=O) groups excluding carboxylic acids is 2. The van der Waals surface area contributed by atoms with E-state index < -0.39 is 0 Å². The standard InChI is InChI=1S/C27H25N5O3S/c1-16-14-19(35-18-6-4-3-5-7-18)8-9-20(16)32-21-10-12-29-25-22(21)23(30-27(32)34)24(36-25)26(33)31-13-11-17(15-31)28-2/h3-10,12,14,17,28H,11,13,15H2,1-2H3,(H,30,34)/t17-/m0/s1. The minimum absolute atomic E-state index is 0.0657. The van der Waals surface area contributed by atoms with Crippen molar-refractivity contribution in [2.24, 2.45) is 0 Å². The highest BCUT2D eigenvalue weighted by Gasteiger charge is 2.35. The topological polar surface area (TPSA) is 86.8 Å². The zero-order chi connectivity index (χ0) is 24.8. The maximum Gasteiger partial charge on any atom is 0.331 e. The van der Waals surface area contributed by atoms with Gasteiger partial charge in [0, 0.05) is 25.3 Å². The van der Waals surface area contributed by atoms with Crippen molar-refractivity contribution >= 4 is 50.6 Å². The average molecular weight is 500 g/mol. The third kappa shape index (κ3) is 3.77. The number of hydrogen-bond acceptors (Lipinski definition) is 6. The number of ether oxygens (including phenoxy) is 1. The molecule has 4 heterocycles. The number of aryl methyl sites for hydroxylation is 1. The van der Waals surface area contributed by atoms with Crippen molar-refractivity contribution in [2.45, 2.75) is 19.4 Å². The normalized spacial score (nSPS) is 16.9. The molecule has 0 unspecified atom stereocenters. The molecule has 9 heteroatoms. The number of urea groups is 1. The maximum atomic E-state index is 13.5. The molecule has 36 heavy (non-hydrogen) atoms. The van der Waals surface area contributed by atoms with E-state index >= 15 is 0 Å². The van der Waals surface area contributed by atoms with Crippen LogP contribution in [-0.2, 0) is 0 Å². The molecular formula is C27H25N5O3S. The largest absolute Gasteiger partial charge is 0.457 e. The number of likely N-dealkylation sites (tertiary alicyclic amines) is 1. The average Bonchev–Trinajstić information content (AvgIpc) is 3.51. The molecule has 2 aromatic carbocycles. The zero-order valence-electron chi connectivity index (χ0n) is 19.9. The Hall–Kier alpha value is -3.95. The first-order chi connectivity index (χ1) is 17.5. The predicted molar refractivity (Wildman–Crippen MR) is 142 cm³/mol. The fraction of sp³-hybridized carbons (Fsp3) is 0.222. The SMILES string of the molecule is CN[C@H]1CCN(C(=O)c2sc3nccc4c3c2NC(=O)N4c2ccc(Oc3ccccc3)cc2C)C1. The van der Waals surface area contributed by atoms with Gasteiger partial charge in [-0.2, -0.15) is 0 Å². The Morgan fingerprint density at radius 3 is 2.72 bits per heavy atom. The molecule has 0 bridgehead atoms. The second-order valence-corrected chi connectivity index (χ2v) is 9.97. The Bertz CT molecular complexity index is 1490. The molecule has 0 radical (unpaired) electrons. The monoisotopic (exact) mass is 499 g/mol. The number of nitrogens with one attached hydrogen (secondary N) is 2. The van der Waals surface area contributed by atoms with E-state index in [1.54, 1.807) is 11.1 Å². The Labute approximate surface area is 212 Å². The summed E-state index contributed by atoms with van der Waals surface area (Å²) in [5, 5.41) is 7.03. The molecule has 6 rings (SSSR count). The van der Waals surface area contributed by atoms with E-state index in [1.807, 2.05) is 73.5 Å². The van der Waals surface area contributed by atoms with E-state index in [9.17, 15) is 9.59 Å². The molecule has 182 valence electrons. The second-order valence-electron chi connectivity index (χ2n) is 8.97. The summed E-state index contributed by atoms with van der Waals surface area (Å²) in [6.07, 6.45) is 2.60. The van der Waals surface area contributed by atoms with Crippen LogP contribution in [0.15, 0.2) is 60.8 Å².